The molecule has 0 bridgehead atoms. The SMILES string of the molecule is CC(C)[C@]1(c2ccccc2)ON(c2ccccc2C(F)(F)F)C1=O. The summed E-state index contributed by atoms with van der Waals surface area (Å²) in [5.74, 6) is -0.734. The Morgan fingerprint density at radius 1 is 1.00 bits per heavy atom. The van der Waals surface area contributed by atoms with Gasteiger partial charge in [-0.1, -0.05) is 56.3 Å². The van der Waals surface area contributed by atoms with E-state index in [0.29, 0.717) is 5.56 Å². The summed E-state index contributed by atoms with van der Waals surface area (Å²) in [7, 11) is 0. The van der Waals surface area contributed by atoms with Gasteiger partial charge in [0.05, 0.1) is 11.3 Å². The summed E-state index contributed by atoms with van der Waals surface area (Å²) in [4.78, 5) is 18.5. The first-order chi connectivity index (χ1) is 11.3. The van der Waals surface area contributed by atoms with Crippen LogP contribution in [-0.4, -0.2) is 5.91 Å². The second kappa shape index (κ2) is 5.63. The number of amides is 1. The minimum absolute atomic E-state index is 0.235. The molecule has 1 fully saturated rings. The Kier molecular flexibility index (Phi) is 3.87. The molecule has 1 amide bonds. The van der Waals surface area contributed by atoms with Crippen LogP contribution in [0.15, 0.2) is 54.6 Å². The molecule has 126 valence electrons. The minimum Gasteiger partial charge on any atom is -0.268 e. The fourth-order valence-electron chi connectivity index (χ4n) is 2.93. The molecule has 24 heavy (non-hydrogen) atoms. The van der Waals surface area contributed by atoms with Gasteiger partial charge in [-0.3, -0.25) is 4.79 Å². The predicted molar refractivity (Wildman–Crippen MR) is 83.0 cm³/mol. The van der Waals surface area contributed by atoms with Gasteiger partial charge in [-0.25, -0.2) is 4.84 Å². The predicted octanol–water partition coefficient (Wildman–Crippen LogP) is 4.54. The molecule has 1 aliphatic heterocycles. The summed E-state index contributed by atoms with van der Waals surface area (Å²) in [6.45, 7) is 3.61. The summed E-state index contributed by atoms with van der Waals surface area (Å²) in [5.41, 5.74) is -1.82. The molecule has 3 nitrogen and oxygen atoms in total. The van der Waals surface area contributed by atoms with Gasteiger partial charge >= 0.3 is 6.18 Å². The first-order valence-corrected chi connectivity index (χ1v) is 7.54. The van der Waals surface area contributed by atoms with E-state index in [1.54, 1.807) is 44.2 Å². The van der Waals surface area contributed by atoms with Crippen LogP contribution >= 0.6 is 0 Å². The van der Waals surface area contributed by atoms with Gasteiger partial charge in [0.15, 0.2) is 0 Å². The van der Waals surface area contributed by atoms with Gasteiger partial charge in [-0.15, -0.1) is 0 Å². The second-order valence-corrected chi connectivity index (χ2v) is 5.96. The zero-order valence-corrected chi connectivity index (χ0v) is 13.2. The third-order valence-electron chi connectivity index (χ3n) is 4.18. The number of hydrogen-bond donors (Lipinski definition) is 0. The Hall–Kier alpha value is -2.34. The monoisotopic (exact) mass is 335 g/mol. The van der Waals surface area contributed by atoms with Crippen LogP contribution in [0.5, 0.6) is 0 Å². The van der Waals surface area contributed by atoms with Crippen LogP contribution in [0.2, 0.25) is 0 Å². The largest absolute Gasteiger partial charge is 0.418 e. The number of nitrogens with zero attached hydrogens (tertiary/aromatic N) is 1. The van der Waals surface area contributed by atoms with Gasteiger partial charge in [-0.2, -0.15) is 18.2 Å². The third-order valence-corrected chi connectivity index (χ3v) is 4.18. The smallest absolute Gasteiger partial charge is 0.268 e. The number of carbonyl (C=O) groups is 1. The topological polar surface area (TPSA) is 29.5 Å². The first kappa shape index (κ1) is 16.5. The molecule has 0 spiro atoms. The van der Waals surface area contributed by atoms with E-state index in [2.05, 4.69) is 0 Å². The molecule has 1 saturated heterocycles. The summed E-state index contributed by atoms with van der Waals surface area (Å²) in [6.07, 6.45) is -4.57. The highest BCUT2D eigenvalue weighted by molar-refractivity contribution is 6.04. The summed E-state index contributed by atoms with van der Waals surface area (Å²) >= 11 is 0. The Bertz CT molecular complexity index is 758. The maximum atomic E-state index is 13.2. The van der Waals surface area contributed by atoms with Gasteiger partial charge in [0, 0.05) is 0 Å². The van der Waals surface area contributed by atoms with Crippen molar-refractivity contribution in [2.24, 2.45) is 5.92 Å². The summed E-state index contributed by atoms with van der Waals surface area (Å²) < 4.78 is 39.5. The number of rotatable bonds is 3. The fourth-order valence-corrected chi connectivity index (χ4v) is 2.93. The highest BCUT2D eigenvalue weighted by Gasteiger charge is 2.59. The average molecular weight is 335 g/mol. The Morgan fingerprint density at radius 2 is 1.58 bits per heavy atom. The molecule has 0 aliphatic carbocycles. The van der Waals surface area contributed by atoms with Crippen LogP contribution in [0.25, 0.3) is 0 Å². The highest BCUT2D eigenvalue weighted by Crippen LogP contribution is 2.48. The van der Waals surface area contributed by atoms with Crippen LogP contribution < -0.4 is 5.06 Å². The van der Waals surface area contributed by atoms with Crippen molar-refractivity contribution < 1.29 is 22.8 Å². The molecule has 2 aromatic carbocycles. The van der Waals surface area contributed by atoms with Crippen molar-refractivity contribution in [2.75, 3.05) is 5.06 Å². The number of hydrogen-bond acceptors (Lipinski definition) is 2. The lowest BCUT2D eigenvalue weighted by Gasteiger charge is -2.50. The van der Waals surface area contributed by atoms with Crippen molar-refractivity contribution in [3.63, 3.8) is 0 Å². The van der Waals surface area contributed by atoms with E-state index >= 15 is 0 Å². The van der Waals surface area contributed by atoms with Crippen molar-refractivity contribution in [1.82, 2.24) is 0 Å². The lowest BCUT2D eigenvalue weighted by atomic mass is 9.80. The number of anilines is 1. The van der Waals surface area contributed by atoms with Crippen LogP contribution in [0.1, 0.15) is 25.0 Å². The molecular formula is C18H16F3NO2. The van der Waals surface area contributed by atoms with E-state index in [4.69, 9.17) is 4.84 Å². The van der Waals surface area contributed by atoms with E-state index in [0.717, 1.165) is 11.1 Å². The van der Waals surface area contributed by atoms with E-state index in [1.807, 2.05) is 0 Å². The zero-order chi connectivity index (χ0) is 17.5. The van der Waals surface area contributed by atoms with Gasteiger partial charge in [0.25, 0.3) is 5.91 Å². The lowest BCUT2D eigenvalue weighted by molar-refractivity contribution is -0.202. The number of carbonyl (C=O) groups excluding carboxylic acids is 1. The van der Waals surface area contributed by atoms with Crippen LogP contribution in [0.4, 0.5) is 18.9 Å². The highest BCUT2D eigenvalue weighted by atomic mass is 19.4. The standard InChI is InChI=1S/C18H16F3NO2/c1-12(2)17(13-8-4-3-5-9-13)16(23)22(24-17)15-11-7-6-10-14(15)18(19,20)21/h3-12H,1-2H3/t17-/m1/s1. The minimum atomic E-state index is -4.57. The zero-order valence-electron chi connectivity index (χ0n) is 13.2. The Morgan fingerprint density at radius 3 is 2.12 bits per heavy atom. The van der Waals surface area contributed by atoms with Gasteiger partial charge in [-0.05, 0) is 23.6 Å². The number of para-hydroxylation sites is 1. The van der Waals surface area contributed by atoms with Gasteiger partial charge in [0.1, 0.15) is 0 Å². The number of halogens is 3. The normalized spacial score (nSPS) is 21.1. The van der Waals surface area contributed by atoms with Gasteiger partial charge < -0.3 is 0 Å². The molecule has 0 saturated carbocycles. The van der Waals surface area contributed by atoms with Gasteiger partial charge in [0.2, 0.25) is 5.60 Å². The quantitative estimate of drug-likeness (QED) is 0.824. The number of benzene rings is 2. The average Bonchev–Trinajstić information content (AvgIpc) is 2.54. The number of alkyl halides is 3. The molecule has 2 aromatic rings. The number of hydroxylamine groups is 1. The van der Waals surface area contributed by atoms with Crippen molar-refractivity contribution in [2.45, 2.75) is 25.6 Å². The Balaban J connectivity index is 2.01. The second-order valence-electron chi connectivity index (χ2n) is 5.96. The fraction of sp³-hybridized carbons (Fsp3) is 0.278. The van der Waals surface area contributed by atoms with Crippen molar-refractivity contribution >= 4 is 11.6 Å². The van der Waals surface area contributed by atoms with Crippen molar-refractivity contribution in [3.05, 3.63) is 65.7 Å². The van der Waals surface area contributed by atoms with Crippen LogP contribution in [0.3, 0.4) is 0 Å². The molecule has 0 unspecified atom stereocenters. The molecular weight excluding hydrogens is 319 g/mol. The molecule has 3 rings (SSSR count). The maximum absolute atomic E-state index is 13.2. The van der Waals surface area contributed by atoms with Crippen LogP contribution in [0, 0.1) is 5.92 Å². The van der Waals surface area contributed by atoms with E-state index in [1.165, 1.54) is 18.2 Å². The van der Waals surface area contributed by atoms with Crippen molar-refractivity contribution in [1.29, 1.82) is 0 Å². The van der Waals surface area contributed by atoms with E-state index in [-0.39, 0.29) is 11.6 Å². The van der Waals surface area contributed by atoms with E-state index < -0.39 is 23.2 Å². The molecule has 1 heterocycles. The van der Waals surface area contributed by atoms with E-state index in [9.17, 15) is 18.0 Å². The summed E-state index contributed by atoms with van der Waals surface area (Å²) in [6, 6.07) is 13.7. The lowest BCUT2D eigenvalue weighted by Crippen LogP contribution is -2.65. The third kappa shape index (κ3) is 2.38. The first-order valence-electron chi connectivity index (χ1n) is 7.54. The molecule has 1 aliphatic rings. The van der Waals surface area contributed by atoms with Crippen LogP contribution in [-0.2, 0) is 21.4 Å². The maximum Gasteiger partial charge on any atom is 0.418 e. The molecule has 1 atom stereocenters. The Labute approximate surface area is 137 Å². The summed E-state index contributed by atoms with van der Waals surface area (Å²) in [5, 5.41) is 0.746. The molecule has 6 heteroatoms. The molecule has 0 N–H and O–H groups in total. The van der Waals surface area contributed by atoms with Crippen molar-refractivity contribution in [3.8, 4) is 0 Å². The molecule has 0 aromatic heterocycles. The molecule has 0 radical (unpaired) electrons.